The lowest BCUT2D eigenvalue weighted by Crippen LogP contribution is -2.00. The Hall–Kier alpha value is -7.63. The Morgan fingerprint density at radius 3 is 1.55 bits per heavy atom. The molecule has 0 unspecified atom stereocenters. The highest BCUT2D eigenvalue weighted by Gasteiger charge is 2.19. The van der Waals surface area contributed by atoms with Crippen LogP contribution in [0.3, 0.4) is 0 Å². The van der Waals surface area contributed by atoms with Crippen molar-refractivity contribution in [3.05, 3.63) is 188 Å². The third kappa shape index (κ3) is 5.45. The number of benzene rings is 8. The van der Waals surface area contributed by atoms with Crippen molar-refractivity contribution in [2.75, 3.05) is 0 Å². The number of hydrogen-bond donors (Lipinski definition) is 0. The molecule has 0 aliphatic rings. The van der Waals surface area contributed by atoms with Gasteiger partial charge < -0.3 is 8.83 Å². The molecule has 0 fully saturated rings. The van der Waals surface area contributed by atoms with Gasteiger partial charge in [0.25, 0.3) is 0 Å². The summed E-state index contributed by atoms with van der Waals surface area (Å²) in [5, 5.41) is 4.34. The van der Waals surface area contributed by atoms with Crippen molar-refractivity contribution in [1.29, 1.82) is 0 Å². The number of hydrogen-bond acceptors (Lipinski definition) is 5. The number of nitrogens with zero attached hydrogens (tertiary/aromatic N) is 3. The lowest BCUT2D eigenvalue weighted by atomic mass is 9.93. The van der Waals surface area contributed by atoms with E-state index >= 15 is 0 Å². The quantitative estimate of drug-likeness (QED) is 0.171. The minimum Gasteiger partial charge on any atom is -0.456 e. The van der Waals surface area contributed by atoms with Crippen molar-refractivity contribution in [3.8, 4) is 67.5 Å². The molecule has 11 aromatic rings. The zero-order valence-corrected chi connectivity index (χ0v) is 30.1. The van der Waals surface area contributed by atoms with Crippen LogP contribution < -0.4 is 0 Å². The summed E-state index contributed by atoms with van der Waals surface area (Å²) in [4.78, 5) is 15.0. The van der Waals surface area contributed by atoms with E-state index in [4.69, 9.17) is 23.8 Å². The lowest BCUT2D eigenvalue weighted by molar-refractivity contribution is 0.668. The molecule has 56 heavy (non-hydrogen) atoms. The molecular formula is C51H31N3O2. The van der Waals surface area contributed by atoms with Crippen molar-refractivity contribution >= 4 is 43.9 Å². The Morgan fingerprint density at radius 1 is 0.286 bits per heavy atom. The second-order valence-electron chi connectivity index (χ2n) is 14.0. The lowest BCUT2D eigenvalue weighted by Gasteiger charge is -2.11. The van der Waals surface area contributed by atoms with E-state index in [2.05, 4.69) is 121 Å². The van der Waals surface area contributed by atoms with E-state index in [1.165, 1.54) is 0 Å². The average Bonchev–Trinajstić information content (AvgIpc) is 3.85. The normalized spacial score (nSPS) is 11.6. The molecule has 0 amide bonds. The molecule has 0 N–H and O–H groups in total. The third-order valence-electron chi connectivity index (χ3n) is 10.6. The molecule has 0 aliphatic carbocycles. The van der Waals surface area contributed by atoms with Crippen molar-refractivity contribution in [1.82, 2.24) is 15.0 Å². The summed E-state index contributed by atoms with van der Waals surface area (Å²) in [7, 11) is 0. The maximum absolute atomic E-state index is 6.67. The minimum absolute atomic E-state index is 0.613. The summed E-state index contributed by atoms with van der Waals surface area (Å²) in [5.41, 5.74) is 12.7. The Balaban J connectivity index is 1.02. The number of fused-ring (bicyclic) bond motifs is 6. The first kappa shape index (κ1) is 31.9. The molecule has 3 heterocycles. The minimum atomic E-state index is 0.613. The van der Waals surface area contributed by atoms with Gasteiger partial charge in [0.05, 0.1) is 0 Å². The van der Waals surface area contributed by atoms with Crippen LogP contribution in [0.25, 0.3) is 111 Å². The average molecular weight is 718 g/mol. The van der Waals surface area contributed by atoms with Crippen LogP contribution in [0.1, 0.15) is 0 Å². The molecule has 0 atom stereocenters. The molecule has 11 rings (SSSR count). The summed E-state index contributed by atoms with van der Waals surface area (Å²) in [5.74, 6) is 1.87. The van der Waals surface area contributed by atoms with Crippen LogP contribution in [0.2, 0.25) is 0 Å². The SMILES string of the molecule is c1ccc(-c2cccc(-c3nc(-c4ccccc4)nc(-c4ccc(-c5ccc(-c6ccc7oc8ccccc8c7c6)c6oc7ccccc7c56)cc4)n3)c2)cc1. The predicted molar refractivity (Wildman–Crippen MR) is 227 cm³/mol. The molecule has 0 spiro atoms. The van der Waals surface area contributed by atoms with Gasteiger partial charge in [-0.1, -0.05) is 152 Å². The van der Waals surface area contributed by atoms with Crippen LogP contribution >= 0.6 is 0 Å². The monoisotopic (exact) mass is 717 g/mol. The van der Waals surface area contributed by atoms with Crippen molar-refractivity contribution < 1.29 is 8.83 Å². The number of furan rings is 2. The Labute approximate surface area is 322 Å². The van der Waals surface area contributed by atoms with Crippen LogP contribution in [0.4, 0.5) is 0 Å². The molecule has 0 saturated carbocycles. The predicted octanol–water partition coefficient (Wildman–Crippen LogP) is 13.7. The van der Waals surface area contributed by atoms with Gasteiger partial charge in [0.1, 0.15) is 22.3 Å². The van der Waals surface area contributed by atoms with E-state index in [0.717, 1.165) is 93.9 Å². The largest absolute Gasteiger partial charge is 0.456 e. The van der Waals surface area contributed by atoms with Crippen LogP contribution in [-0.2, 0) is 0 Å². The highest BCUT2D eigenvalue weighted by molar-refractivity contribution is 6.17. The van der Waals surface area contributed by atoms with Crippen LogP contribution in [-0.4, -0.2) is 15.0 Å². The van der Waals surface area contributed by atoms with E-state index in [1.54, 1.807) is 0 Å². The zero-order chi connectivity index (χ0) is 37.0. The maximum Gasteiger partial charge on any atom is 0.164 e. The Bertz CT molecular complexity index is 3240. The van der Waals surface area contributed by atoms with Crippen LogP contribution in [0.15, 0.2) is 197 Å². The van der Waals surface area contributed by atoms with E-state index < -0.39 is 0 Å². The second-order valence-corrected chi connectivity index (χ2v) is 14.0. The number of para-hydroxylation sites is 2. The van der Waals surface area contributed by atoms with E-state index in [1.807, 2.05) is 66.7 Å². The van der Waals surface area contributed by atoms with Crippen LogP contribution in [0, 0.1) is 0 Å². The maximum atomic E-state index is 6.67. The highest BCUT2D eigenvalue weighted by Crippen LogP contribution is 2.43. The van der Waals surface area contributed by atoms with Gasteiger partial charge in [-0.25, -0.2) is 15.0 Å². The Kier molecular flexibility index (Phi) is 7.42. The van der Waals surface area contributed by atoms with Crippen LogP contribution in [0.5, 0.6) is 0 Å². The molecule has 0 radical (unpaired) electrons. The first-order valence-corrected chi connectivity index (χ1v) is 18.7. The Morgan fingerprint density at radius 2 is 0.804 bits per heavy atom. The van der Waals surface area contributed by atoms with E-state index in [9.17, 15) is 0 Å². The van der Waals surface area contributed by atoms with Gasteiger partial charge in [-0.15, -0.1) is 0 Å². The molecule has 262 valence electrons. The van der Waals surface area contributed by atoms with Crippen molar-refractivity contribution in [2.24, 2.45) is 0 Å². The molecule has 8 aromatic carbocycles. The van der Waals surface area contributed by atoms with Gasteiger partial charge in [-0.2, -0.15) is 0 Å². The van der Waals surface area contributed by atoms with Gasteiger partial charge in [-0.05, 0) is 64.2 Å². The fourth-order valence-electron chi connectivity index (χ4n) is 7.81. The number of aromatic nitrogens is 3. The summed E-state index contributed by atoms with van der Waals surface area (Å²) in [6.45, 7) is 0. The van der Waals surface area contributed by atoms with Gasteiger partial charge in [-0.3, -0.25) is 0 Å². The first-order chi connectivity index (χ1) is 27.7. The van der Waals surface area contributed by atoms with E-state index in [-0.39, 0.29) is 0 Å². The fraction of sp³-hybridized carbons (Fsp3) is 0. The van der Waals surface area contributed by atoms with Gasteiger partial charge in [0, 0.05) is 43.8 Å². The van der Waals surface area contributed by atoms with Crippen molar-refractivity contribution in [3.63, 3.8) is 0 Å². The van der Waals surface area contributed by atoms with Gasteiger partial charge >= 0.3 is 0 Å². The molecule has 5 nitrogen and oxygen atoms in total. The zero-order valence-electron chi connectivity index (χ0n) is 30.1. The smallest absolute Gasteiger partial charge is 0.164 e. The summed E-state index contributed by atoms with van der Waals surface area (Å²) in [6.07, 6.45) is 0. The topological polar surface area (TPSA) is 65.0 Å². The molecule has 0 saturated heterocycles. The van der Waals surface area contributed by atoms with Gasteiger partial charge in [0.15, 0.2) is 17.5 Å². The van der Waals surface area contributed by atoms with E-state index in [0.29, 0.717) is 17.5 Å². The summed E-state index contributed by atoms with van der Waals surface area (Å²) < 4.78 is 12.8. The highest BCUT2D eigenvalue weighted by atomic mass is 16.3. The molecular weight excluding hydrogens is 687 g/mol. The first-order valence-electron chi connectivity index (χ1n) is 18.7. The van der Waals surface area contributed by atoms with Crippen molar-refractivity contribution in [2.45, 2.75) is 0 Å². The second kappa shape index (κ2) is 13.0. The molecule has 0 bridgehead atoms. The summed E-state index contributed by atoms with van der Waals surface area (Å²) >= 11 is 0. The summed E-state index contributed by atoms with van der Waals surface area (Å²) in [6, 6.07) is 64.5. The molecule has 5 heteroatoms. The fourth-order valence-corrected chi connectivity index (χ4v) is 7.81. The third-order valence-corrected chi connectivity index (χ3v) is 10.6. The number of rotatable bonds is 6. The van der Waals surface area contributed by atoms with Gasteiger partial charge in [0.2, 0.25) is 0 Å². The molecule has 0 aliphatic heterocycles. The molecule has 3 aromatic heterocycles. The standard InChI is InChI=1S/C51H31N3O2/c1-3-12-32(13-4-1)36-16-11-17-38(30-36)51-53-49(34-14-5-2-6-15-34)52-50(54-51)35-24-22-33(23-25-35)39-27-28-40(48-47(39)42-19-8-10-21-45(42)56-48)37-26-29-46-43(31-37)41-18-7-9-20-44(41)55-46/h1-31H.